The van der Waals surface area contributed by atoms with E-state index in [1.54, 1.807) is 6.92 Å². The summed E-state index contributed by atoms with van der Waals surface area (Å²) in [6, 6.07) is 13.9. The molecule has 174 valence electrons. The highest BCUT2D eigenvalue weighted by Gasteiger charge is 2.44. The molecule has 0 amide bonds. The molecule has 0 aliphatic carbocycles. The van der Waals surface area contributed by atoms with Crippen LogP contribution in [0.1, 0.15) is 39.7 Å². The molecule has 2 atom stereocenters. The molecule has 1 N–H and O–H groups in total. The van der Waals surface area contributed by atoms with Crippen molar-refractivity contribution in [3.05, 3.63) is 54.1 Å². The summed E-state index contributed by atoms with van der Waals surface area (Å²) in [6.45, 7) is 4.31. The standard InChI is InChI=1S/C26H31BF2IN3/c1-6-16-32-25-11-9-8-10-23(25)24-18-22(14-15-26(24)32)13-12-19(3)33(17-7-2)27(28,29)31-21(5)20(4)30/h1,8-15,18-20,31H,7,16-17H2,2-5H3/b13-12+,31-21+. The van der Waals surface area contributed by atoms with E-state index in [1.807, 2.05) is 51.1 Å². The van der Waals surface area contributed by atoms with Gasteiger partial charge in [0.15, 0.2) is 0 Å². The Morgan fingerprint density at radius 2 is 1.91 bits per heavy atom. The molecule has 1 aromatic heterocycles. The molecule has 0 aliphatic rings. The molecule has 0 aliphatic heterocycles. The summed E-state index contributed by atoms with van der Waals surface area (Å²) in [7, 11) is 0. The summed E-state index contributed by atoms with van der Waals surface area (Å²) in [6.07, 6.45) is 10.0. The Bertz CT molecular complexity index is 1220. The van der Waals surface area contributed by atoms with Crippen LogP contribution in [-0.2, 0) is 6.54 Å². The van der Waals surface area contributed by atoms with Crippen molar-refractivity contribution in [2.75, 3.05) is 6.54 Å². The van der Waals surface area contributed by atoms with E-state index in [0.29, 0.717) is 25.2 Å². The Balaban J connectivity index is 1.94. The maximum absolute atomic E-state index is 15.1. The highest BCUT2D eigenvalue weighted by molar-refractivity contribution is 14.1. The third kappa shape index (κ3) is 5.67. The van der Waals surface area contributed by atoms with Crippen molar-refractivity contribution in [1.29, 1.82) is 0 Å². The molecule has 1 heterocycles. The summed E-state index contributed by atoms with van der Waals surface area (Å²) in [5.41, 5.74) is 3.73. The maximum atomic E-state index is 15.1. The van der Waals surface area contributed by atoms with Crippen LogP contribution in [0.2, 0.25) is 0 Å². The second-order valence-corrected chi connectivity index (χ2v) is 10.4. The predicted molar refractivity (Wildman–Crippen MR) is 147 cm³/mol. The lowest BCUT2D eigenvalue weighted by atomic mass is 9.91. The van der Waals surface area contributed by atoms with Crippen molar-refractivity contribution in [2.24, 2.45) is 0 Å². The number of halogens is 3. The highest BCUT2D eigenvalue weighted by Crippen LogP contribution is 2.30. The van der Waals surface area contributed by atoms with Crippen molar-refractivity contribution in [1.82, 2.24) is 9.38 Å². The number of fused-ring (bicyclic) bond motifs is 3. The molecule has 7 heteroatoms. The Kier molecular flexibility index (Phi) is 8.36. The van der Waals surface area contributed by atoms with Gasteiger partial charge in [0.25, 0.3) is 0 Å². The topological polar surface area (TPSA) is 22.1 Å². The molecule has 0 saturated carbocycles. The fourth-order valence-corrected chi connectivity index (χ4v) is 4.37. The molecule has 2 unspecified atom stereocenters. The highest BCUT2D eigenvalue weighted by atomic mass is 127. The van der Waals surface area contributed by atoms with Crippen molar-refractivity contribution >= 4 is 63.2 Å². The van der Waals surface area contributed by atoms with Crippen LogP contribution in [0.5, 0.6) is 0 Å². The smallest absolute Gasteiger partial charge is 0.396 e. The first-order valence-corrected chi connectivity index (χ1v) is 12.6. The van der Waals surface area contributed by atoms with Crippen LogP contribution in [0.3, 0.4) is 0 Å². The fourth-order valence-electron chi connectivity index (χ4n) is 4.19. The van der Waals surface area contributed by atoms with Gasteiger partial charge in [-0.1, -0.05) is 71.9 Å². The summed E-state index contributed by atoms with van der Waals surface area (Å²) in [5.74, 6) is 2.73. The molecular weight excluding hydrogens is 530 g/mol. The van der Waals surface area contributed by atoms with Crippen molar-refractivity contribution in [3.63, 3.8) is 0 Å². The first-order chi connectivity index (χ1) is 15.7. The number of hydrogen-bond donors (Lipinski definition) is 1. The molecule has 0 bridgehead atoms. The number of aromatic nitrogens is 1. The van der Waals surface area contributed by atoms with E-state index < -0.39 is 13.0 Å². The average molecular weight is 561 g/mol. The molecule has 33 heavy (non-hydrogen) atoms. The molecule has 3 nitrogen and oxygen atoms in total. The number of terminal acetylenes is 1. The normalized spacial score (nSPS) is 14.9. The third-order valence-corrected chi connectivity index (χ3v) is 6.97. The largest absolute Gasteiger partial charge is 0.696 e. The van der Waals surface area contributed by atoms with Gasteiger partial charge in [-0.05, 0) is 56.6 Å². The van der Waals surface area contributed by atoms with Crippen LogP contribution >= 0.6 is 22.6 Å². The number of para-hydroxylation sites is 1. The molecule has 2 aromatic carbocycles. The number of nitrogens with zero attached hydrogens (tertiary/aromatic N) is 2. The zero-order chi connectivity index (χ0) is 24.2. The second-order valence-electron chi connectivity index (χ2n) is 8.49. The zero-order valence-electron chi connectivity index (χ0n) is 19.7. The van der Waals surface area contributed by atoms with Crippen LogP contribution in [0, 0.1) is 12.3 Å². The van der Waals surface area contributed by atoms with Crippen LogP contribution in [0.4, 0.5) is 8.63 Å². The Morgan fingerprint density at radius 1 is 1.21 bits per heavy atom. The molecule has 0 saturated heterocycles. The van der Waals surface area contributed by atoms with Gasteiger partial charge in [0.1, 0.15) is 5.71 Å². The maximum Gasteiger partial charge on any atom is 0.696 e. The SMILES string of the molecule is C#CCn1c2ccccc2c2cc(/C=C/C(C)N(CCC)[B-](F)(F)/[NH+]=C(\C)C(C)I)ccc21. The first-order valence-electron chi connectivity index (χ1n) is 11.4. The van der Waals surface area contributed by atoms with Crippen molar-refractivity contribution in [2.45, 2.75) is 50.6 Å². The summed E-state index contributed by atoms with van der Waals surface area (Å²) in [5, 5.41) is 2.25. The third-order valence-electron chi connectivity index (χ3n) is 6.03. The minimum Gasteiger partial charge on any atom is -0.396 e. The quantitative estimate of drug-likeness (QED) is 0.124. The molecule has 3 rings (SSSR count). The van der Waals surface area contributed by atoms with Gasteiger partial charge in [-0.3, -0.25) is 0 Å². The fraction of sp³-hybridized carbons (Fsp3) is 0.346. The average Bonchev–Trinajstić information content (AvgIpc) is 3.09. The van der Waals surface area contributed by atoms with Gasteiger partial charge < -0.3 is 22.9 Å². The van der Waals surface area contributed by atoms with E-state index in [2.05, 4.69) is 62.2 Å². The van der Waals surface area contributed by atoms with E-state index in [0.717, 1.165) is 27.4 Å². The van der Waals surface area contributed by atoms with E-state index in [9.17, 15) is 0 Å². The van der Waals surface area contributed by atoms with Gasteiger partial charge in [-0.2, -0.15) is 0 Å². The molecular formula is C26H31BF2IN3. The number of benzene rings is 2. The van der Waals surface area contributed by atoms with Crippen LogP contribution in [0.25, 0.3) is 27.9 Å². The van der Waals surface area contributed by atoms with Crippen LogP contribution in [0.15, 0.2) is 48.5 Å². The lowest BCUT2D eigenvalue weighted by molar-refractivity contribution is -0.354. The van der Waals surface area contributed by atoms with Gasteiger partial charge >= 0.3 is 6.97 Å². The number of hydrogen-bond acceptors (Lipinski definition) is 1. The van der Waals surface area contributed by atoms with Crippen LogP contribution < -0.4 is 4.90 Å². The summed E-state index contributed by atoms with van der Waals surface area (Å²) < 4.78 is 32.4. The Morgan fingerprint density at radius 3 is 2.58 bits per heavy atom. The van der Waals surface area contributed by atoms with Gasteiger partial charge in [0, 0.05) is 23.2 Å². The van der Waals surface area contributed by atoms with Gasteiger partial charge in [0.2, 0.25) is 0 Å². The Hall–Kier alpha value is -2.18. The molecule has 0 spiro atoms. The van der Waals surface area contributed by atoms with E-state index >= 15 is 8.63 Å². The van der Waals surface area contributed by atoms with Gasteiger partial charge in [0.05, 0.1) is 16.0 Å². The predicted octanol–water partition coefficient (Wildman–Crippen LogP) is 5.28. The monoisotopic (exact) mass is 561 g/mol. The first kappa shape index (κ1) is 25.4. The molecule has 3 aromatic rings. The second kappa shape index (κ2) is 10.8. The van der Waals surface area contributed by atoms with E-state index in [-0.39, 0.29) is 3.92 Å². The Labute approximate surface area is 209 Å². The van der Waals surface area contributed by atoms with Gasteiger partial charge in [-0.25, -0.2) is 0 Å². The van der Waals surface area contributed by atoms with Gasteiger partial charge in [-0.15, -0.1) is 6.42 Å². The lowest BCUT2D eigenvalue weighted by Gasteiger charge is -2.34. The van der Waals surface area contributed by atoms with Crippen molar-refractivity contribution in [3.8, 4) is 12.3 Å². The number of alkyl halides is 1. The summed E-state index contributed by atoms with van der Waals surface area (Å²) >= 11 is 2.15. The number of nitrogens with one attached hydrogen (secondary N) is 1. The van der Waals surface area contributed by atoms with Crippen molar-refractivity contribution < 1.29 is 13.5 Å². The summed E-state index contributed by atoms with van der Waals surface area (Å²) in [4.78, 5) is 3.76. The zero-order valence-corrected chi connectivity index (χ0v) is 21.8. The van der Waals surface area contributed by atoms with E-state index in [1.165, 1.54) is 4.81 Å². The van der Waals surface area contributed by atoms with E-state index in [4.69, 9.17) is 6.42 Å². The number of rotatable bonds is 9. The molecule has 0 radical (unpaired) electrons. The minimum atomic E-state index is -3.88. The minimum absolute atomic E-state index is 0.0213. The van der Waals surface area contributed by atoms with Crippen LogP contribution in [-0.4, -0.2) is 38.6 Å². The lowest BCUT2D eigenvalue weighted by Crippen LogP contribution is -2.94. The molecule has 0 fully saturated rings.